The summed E-state index contributed by atoms with van der Waals surface area (Å²) in [5.74, 6) is -0.315. The lowest BCUT2D eigenvalue weighted by Gasteiger charge is -2.09. The van der Waals surface area contributed by atoms with Gasteiger partial charge < -0.3 is 15.9 Å². The highest BCUT2D eigenvalue weighted by Gasteiger charge is 2.16. The zero-order chi connectivity index (χ0) is 15.6. The number of aliphatic hydroxyl groups excluding tert-OH is 2. The van der Waals surface area contributed by atoms with Crippen molar-refractivity contribution in [3.63, 3.8) is 0 Å². The van der Waals surface area contributed by atoms with Crippen molar-refractivity contribution < 1.29 is 19.8 Å². The van der Waals surface area contributed by atoms with E-state index in [9.17, 15) is 9.59 Å². The number of carbonyl (C=O) groups excluding carboxylic acids is 2. The SMILES string of the molecule is C.CC(C)C(=O)C(O)CCN.CCC(O)C(=O)C(C)C. The molecule has 0 heterocycles. The quantitative estimate of drug-likeness (QED) is 0.660. The molecular formula is C15H33NO4. The molecule has 0 aliphatic heterocycles. The Labute approximate surface area is 123 Å². The average molecular weight is 291 g/mol. The van der Waals surface area contributed by atoms with Gasteiger partial charge in [0.2, 0.25) is 0 Å². The van der Waals surface area contributed by atoms with Gasteiger partial charge in [0.05, 0.1) is 0 Å². The van der Waals surface area contributed by atoms with Crippen molar-refractivity contribution in [2.24, 2.45) is 17.6 Å². The van der Waals surface area contributed by atoms with E-state index in [1.165, 1.54) is 0 Å². The zero-order valence-electron chi connectivity index (χ0n) is 12.7. The van der Waals surface area contributed by atoms with Crippen LogP contribution in [0.25, 0.3) is 0 Å². The van der Waals surface area contributed by atoms with Gasteiger partial charge >= 0.3 is 0 Å². The molecule has 0 saturated carbocycles. The number of ketones is 2. The average Bonchev–Trinajstić information content (AvgIpc) is 2.36. The topological polar surface area (TPSA) is 101 Å². The Kier molecular flexibility index (Phi) is 16.0. The summed E-state index contributed by atoms with van der Waals surface area (Å²) < 4.78 is 0. The first-order chi connectivity index (χ1) is 8.68. The third-order valence-electron chi connectivity index (χ3n) is 2.62. The van der Waals surface area contributed by atoms with E-state index in [0.717, 1.165) is 0 Å². The predicted octanol–water partition coefficient (Wildman–Crippen LogP) is 1.54. The molecule has 122 valence electrons. The van der Waals surface area contributed by atoms with Crippen LogP contribution < -0.4 is 5.73 Å². The molecule has 2 unspecified atom stereocenters. The maximum absolute atomic E-state index is 10.9. The van der Waals surface area contributed by atoms with Crippen LogP contribution in [-0.2, 0) is 9.59 Å². The third-order valence-corrected chi connectivity index (χ3v) is 2.62. The van der Waals surface area contributed by atoms with Crippen molar-refractivity contribution in [3.8, 4) is 0 Å². The largest absolute Gasteiger partial charge is 0.385 e. The van der Waals surface area contributed by atoms with Crippen LogP contribution in [0.15, 0.2) is 0 Å². The molecule has 0 aliphatic rings. The molecule has 0 radical (unpaired) electrons. The molecule has 0 amide bonds. The van der Waals surface area contributed by atoms with E-state index in [4.69, 9.17) is 15.9 Å². The second-order valence-corrected chi connectivity index (χ2v) is 5.13. The van der Waals surface area contributed by atoms with Crippen molar-refractivity contribution >= 4 is 11.6 Å². The number of nitrogens with two attached hydrogens (primary N) is 1. The summed E-state index contributed by atoms with van der Waals surface area (Å²) in [4.78, 5) is 21.8. The van der Waals surface area contributed by atoms with Gasteiger partial charge in [0.25, 0.3) is 0 Å². The highest BCUT2D eigenvalue weighted by Crippen LogP contribution is 2.02. The molecular weight excluding hydrogens is 258 g/mol. The Morgan fingerprint density at radius 1 is 0.950 bits per heavy atom. The molecule has 0 aromatic heterocycles. The van der Waals surface area contributed by atoms with E-state index in [1.807, 2.05) is 0 Å². The summed E-state index contributed by atoms with van der Waals surface area (Å²) in [6.45, 7) is 9.27. The first-order valence-corrected chi connectivity index (χ1v) is 6.82. The Balaban J connectivity index is -0.000000277. The monoisotopic (exact) mass is 291 g/mol. The van der Waals surface area contributed by atoms with Crippen LogP contribution in [0.5, 0.6) is 0 Å². The smallest absolute Gasteiger partial charge is 0.163 e. The fourth-order valence-electron chi connectivity index (χ4n) is 1.27. The third kappa shape index (κ3) is 11.1. The summed E-state index contributed by atoms with van der Waals surface area (Å²) in [5, 5.41) is 18.0. The molecule has 0 spiro atoms. The molecule has 5 heteroatoms. The van der Waals surface area contributed by atoms with E-state index >= 15 is 0 Å². The maximum Gasteiger partial charge on any atom is 0.163 e. The number of carbonyl (C=O) groups is 2. The lowest BCUT2D eigenvalue weighted by atomic mass is 10.0. The summed E-state index contributed by atoms with van der Waals surface area (Å²) in [6, 6.07) is 0. The van der Waals surface area contributed by atoms with Gasteiger partial charge in [0.15, 0.2) is 11.6 Å². The normalized spacial score (nSPS) is 13.1. The van der Waals surface area contributed by atoms with Gasteiger partial charge in [-0.15, -0.1) is 0 Å². The van der Waals surface area contributed by atoms with Gasteiger partial charge in [-0.25, -0.2) is 0 Å². The van der Waals surface area contributed by atoms with E-state index in [1.54, 1.807) is 34.6 Å². The van der Waals surface area contributed by atoms with Crippen molar-refractivity contribution in [3.05, 3.63) is 0 Å². The van der Waals surface area contributed by atoms with Crippen LogP contribution in [-0.4, -0.2) is 40.5 Å². The van der Waals surface area contributed by atoms with Gasteiger partial charge in [-0.3, -0.25) is 9.59 Å². The Bertz CT molecular complexity index is 265. The number of hydrogen-bond acceptors (Lipinski definition) is 5. The summed E-state index contributed by atoms with van der Waals surface area (Å²) in [5.41, 5.74) is 5.16. The van der Waals surface area contributed by atoms with Crippen LogP contribution in [0, 0.1) is 11.8 Å². The van der Waals surface area contributed by atoms with E-state index < -0.39 is 12.2 Å². The second-order valence-electron chi connectivity index (χ2n) is 5.13. The van der Waals surface area contributed by atoms with Crippen LogP contribution in [0.4, 0.5) is 0 Å². The van der Waals surface area contributed by atoms with Crippen molar-refractivity contribution in [2.75, 3.05) is 6.54 Å². The first-order valence-electron chi connectivity index (χ1n) is 6.82. The molecule has 0 bridgehead atoms. The molecule has 0 rings (SSSR count). The highest BCUT2D eigenvalue weighted by molar-refractivity contribution is 5.84. The van der Waals surface area contributed by atoms with Gasteiger partial charge in [-0.2, -0.15) is 0 Å². The van der Waals surface area contributed by atoms with Crippen LogP contribution in [0.2, 0.25) is 0 Å². The Morgan fingerprint density at radius 2 is 1.30 bits per heavy atom. The molecule has 20 heavy (non-hydrogen) atoms. The molecule has 0 aromatic rings. The van der Waals surface area contributed by atoms with Crippen molar-refractivity contribution in [2.45, 2.75) is 67.1 Å². The minimum atomic E-state index is -0.856. The standard InChI is InChI=1S/C7H15NO2.C7H14O2.CH4/c1-5(2)7(10)6(9)3-4-8;1-4-6(8)7(9)5(2)3;/h5-6,9H,3-4,8H2,1-2H3;5-6,8H,4H2,1-3H3;1H4. The fourth-order valence-corrected chi connectivity index (χ4v) is 1.27. The van der Waals surface area contributed by atoms with Crippen molar-refractivity contribution in [1.29, 1.82) is 0 Å². The van der Waals surface area contributed by atoms with Crippen molar-refractivity contribution in [1.82, 2.24) is 0 Å². The number of aliphatic hydroxyl groups is 2. The molecule has 0 saturated heterocycles. The van der Waals surface area contributed by atoms with Crippen LogP contribution in [0.3, 0.4) is 0 Å². The Morgan fingerprint density at radius 3 is 1.50 bits per heavy atom. The molecule has 0 aromatic carbocycles. The second kappa shape index (κ2) is 13.2. The number of hydrogen-bond donors (Lipinski definition) is 3. The van der Waals surface area contributed by atoms with E-state index in [2.05, 4.69) is 0 Å². The molecule has 4 N–H and O–H groups in total. The summed E-state index contributed by atoms with van der Waals surface area (Å²) in [7, 11) is 0. The minimum absolute atomic E-state index is 0. The fraction of sp³-hybridized carbons (Fsp3) is 0.867. The van der Waals surface area contributed by atoms with Gasteiger partial charge in [-0.1, -0.05) is 42.0 Å². The molecule has 2 atom stereocenters. The summed E-state index contributed by atoms with van der Waals surface area (Å²) in [6.07, 6.45) is -0.705. The molecule has 0 fully saturated rings. The molecule has 5 nitrogen and oxygen atoms in total. The minimum Gasteiger partial charge on any atom is -0.385 e. The lowest BCUT2D eigenvalue weighted by Crippen LogP contribution is -2.27. The highest BCUT2D eigenvalue weighted by atomic mass is 16.3. The zero-order valence-corrected chi connectivity index (χ0v) is 12.7. The lowest BCUT2D eigenvalue weighted by molar-refractivity contribution is -0.130. The first kappa shape index (κ1) is 24.3. The van der Waals surface area contributed by atoms with E-state index in [-0.39, 0.29) is 30.8 Å². The van der Waals surface area contributed by atoms with Crippen LogP contribution in [0.1, 0.15) is 54.9 Å². The van der Waals surface area contributed by atoms with Gasteiger partial charge in [0.1, 0.15) is 12.2 Å². The number of Topliss-reactive ketones (excluding diaryl/α,β-unsaturated/α-hetero) is 2. The van der Waals surface area contributed by atoms with E-state index in [0.29, 0.717) is 19.4 Å². The summed E-state index contributed by atoms with van der Waals surface area (Å²) >= 11 is 0. The Hall–Kier alpha value is -0.780. The molecule has 0 aliphatic carbocycles. The number of rotatable bonds is 7. The van der Waals surface area contributed by atoms with Gasteiger partial charge in [-0.05, 0) is 19.4 Å². The predicted molar refractivity (Wildman–Crippen MR) is 82.4 cm³/mol. The van der Waals surface area contributed by atoms with Gasteiger partial charge in [0, 0.05) is 11.8 Å². The van der Waals surface area contributed by atoms with Crippen LogP contribution >= 0.6 is 0 Å². The maximum atomic E-state index is 10.9.